The summed E-state index contributed by atoms with van der Waals surface area (Å²) in [5.74, 6) is -0.468. The van der Waals surface area contributed by atoms with Gasteiger partial charge in [-0.2, -0.15) is 0 Å². The van der Waals surface area contributed by atoms with Crippen LogP contribution in [-0.2, 0) is 28.5 Å². The van der Waals surface area contributed by atoms with Crippen LogP contribution in [0, 0.1) is 0 Å². The summed E-state index contributed by atoms with van der Waals surface area (Å²) in [5, 5.41) is 80.2. The van der Waals surface area contributed by atoms with Crippen LogP contribution in [0.15, 0.2) is 36.5 Å². The Balaban J connectivity index is 1.64. The summed E-state index contributed by atoms with van der Waals surface area (Å²) in [6.45, 7) is 0.128. The molecule has 14 nitrogen and oxygen atoms in total. The minimum atomic E-state index is -1.73. The molecule has 0 aromatic heterocycles. The monoisotopic (exact) mass is 648 g/mol. The van der Waals surface area contributed by atoms with Crippen LogP contribution in [0.1, 0.15) is 58.3 Å². The largest absolute Gasteiger partial charge is 0.463 e. The van der Waals surface area contributed by atoms with Gasteiger partial charge in [0, 0.05) is 6.42 Å². The number of hydrogen-bond acceptors (Lipinski definition) is 14. The summed E-state index contributed by atoms with van der Waals surface area (Å²) < 4.78 is 26.5. The van der Waals surface area contributed by atoms with Gasteiger partial charge in [0.25, 0.3) is 0 Å². The Morgan fingerprint density at radius 1 is 0.711 bits per heavy atom. The van der Waals surface area contributed by atoms with Crippen molar-refractivity contribution in [3.8, 4) is 0 Å². The highest BCUT2D eigenvalue weighted by Gasteiger charge is 2.47. The minimum absolute atomic E-state index is 0.204. The molecule has 45 heavy (non-hydrogen) atoms. The van der Waals surface area contributed by atoms with E-state index >= 15 is 0 Å². The van der Waals surface area contributed by atoms with Gasteiger partial charge in [-0.1, -0.05) is 49.8 Å². The van der Waals surface area contributed by atoms with Crippen LogP contribution in [0.4, 0.5) is 0 Å². The third-order valence-corrected chi connectivity index (χ3v) is 7.36. The molecule has 2 fully saturated rings. The molecule has 8 N–H and O–H groups in total. The van der Waals surface area contributed by atoms with E-state index in [1.807, 2.05) is 0 Å². The van der Waals surface area contributed by atoms with Gasteiger partial charge < -0.3 is 64.5 Å². The minimum Gasteiger partial charge on any atom is -0.463 e. The number of aliphatic hydroxyl groups is 8. The zero-order chi connectivity index (χ0) is 33.2. The van der Waals surface area contributed by atoms with E-state index in [1.165, 1.54) is 0 Å². The first-order valence-corrected chi connectivity index (χ1v) is 15.6. The summed E-state index contributed by atoms with van der Waals surface area (Å²) >= 11 is 0. The molecule has 260 valence electrons. The zero-order valence-corrected chi connectivity index (χ0v) is 25.8. The van der Waals surface area contributed by atoms with E-state index in [1.54, 1.807) is 0 Å². The summed E-state index contributed by atoms with van der Waals surface area (Å²) in [6.07, 6.45) is 2.44. The smallest absolute Gasteiger partial charge is 0.305 e. The number of esters is 1. The van der Waals surface area contributed by atoms with Crippen LogP contribution in [-0.4, -0.2) is 141 Å². The lowest BCUT2D eigenvalue weighted by atomic mass is 9.98. The molecule has 2 aliphatic heterocycles. The molecule has 0 aromatic rings. The fourth-order valence-corrected chi connectivity index (χ4v) is 4.64. The fraction of sp³-hybridized carbons (Fsp3) is 0.774. The van der Waals surface area contributed by atoms with Crippen molar-refractivity contribution < 1.29 is 69.3 Å². The molecule has 2 aliphatic rings. The van der Waals surface area contributed by atoms with E-state index in [-0.39, 0.29) is 13.0 Å². The lowest BCUT2D eigenvalue weighted by Crippen LogP contribution is -2.61. The van der Waals surface area contributed by atoms with Crippen molar-refractivity contribution in [2.45, 2.75) is 126 Å². The van der Waals surface area contributed by atoms with Crippen molar-refractivity contribution in [2.24, 2.45) is 0 Å². The van der Waals surface area contributed by atoms with Crippen molar-refractivity contribution in [3.05, 3.63) is 36.5 Å². The van der Waals surface area contributed by atoms with Crippen molar-refractivity contribution in [3.63, 3.8) is 0 Å². The normalized spacial score (nSPS) is 33.4. The third kappa shape index (κ3) is 13.8. The molecule has 0 aliphatic carbocycles. The van der Waals surface area contributed by atoms with E-state index in [4.69, 9.17) is 23.7 Å². The summed E-state index contributed by atoms with van der Waals surface area (Å²) in [5.41, 5.74) is 0. The van der Waals surface area contributed by atoms with Crippen LogP contribution in [0.25, 0.3) is 0 Å². The highest BCUT2D eigenvalue weighted by Crippen LogP contribution is 2.26. The van der Waals surface area contributed by atoms with Gasteiger partial charge in [0.05, 0.1) is 19.8 Å². The molecule has 14 heteroatoms. The number of ether oxygens (including phenoxy) is 5. The fourth-order valence-electron chi connectivity index (χ4n) is 4.64. The van der Waals surface area contributed by atoms with Gasteiger partial charge in [0.15, 0.2) is 12.6 Å². The van der Waals surface area contributed by atoms with Gasteiger partial charge in [-0.3, -0.25) is 4.79 Å². The molecular formula is C31H52O14. The molecular weight excluding hydrogens is 596 g/mol. The second kappa shape index (κ2) is 21.9. The number of hydrogen-bond donors (Lipinski definition) is 8. The first-order chi connectivity index (χ1) is 21.6. The number of unbranched alkanes of at least 4 members (excludes halogenated alkanes) is 3. The molecule has 0 spiro atoms. The number of aliphatic hydroxyl groups excluding tert-OH is 8. The van der Waals surface area contributed by atoms with E-state index in [2.05, 4.69) is 43.4 Å². The van der Waals surface area contributed by atoms with Crippen molar-refractivity contribution >= 4 is 5.97 Å². The Hall–Kier alpha value is -1.79. The molecule has 0 saturated carbocycles. The molecule has 0 amide bonds. The number of carbonyl (C=O) groups is 1. The average molecular weight is 649 g/mol. The van der Waals surface area contributed by atoms with Crippen LogP contribution in [0.3, 0.4) is 0 Å². The van der Waals surface area contributed by atoms with Crippen LogP contribution in [0.5, 0.6) is 0 Å². The van der Waals surface area contributed by atoms with Gasteiger partial charge in [0.2, 0.25) is 0 Å². The Labute approximate surface area is 264 Å². The molecule has 11 atom stereocenters. The van der Waals surface area contributed by atoms with E-state index < -0.39 is 93.3 Å². The van der Waals surface area contributed by atoms with Crippen LogP contribution < -0.4 is 0 Å². The topological polar surface area (TPSA) is 225 Å². The lowest BCUT2D eigenvalue weighted by molar-refractivity contribution is -0.332. The summed E-state index contributed by atoms with van der Waals surface area (Å²) in [4.78, 5) is 12.0. The molecule has 11 unspecified atom stereocenters. The highest BCUT2D eigenvalue weighted by atomic mass is 16.7. The standard InChI is InChI=1S/C31H52O14/c1-2-3-4-5-6-7-8-9-10-11-12-13-14-15-23(34)41-17-20(33)18-42-30-29(40)27(38)25(36)22(45-30)19-43-31-28(39)26(37)24(35)21(16-32)44-31/h3-4,6-7,9-10,20-22,24-33,35-40H,2,5,8,11-19H2,1H3/b4-3-,7-6-,10-9-. The van der Waals surface area contributed by atoms with Gasteiger partial charge in [-0.15, -0.1) is 0 Å². The van der Waals surface area contributed by atoms with Gasteiger partial charge in [0.1, 0.15) is 61.5 Å². The maximum atomic E-state index is 12.0. The SMILES string of the molecule is CC/C=C\C/C=C\C/C=C\CCCCCC(=O)OCC(O)COC1OC(COC2OC(CO)C(O)C(O)C2O)C(O)C(O)C1O. The third-order valence-electron chi connectivity index (χ3n) is 7.36. The van der Waals surface area contributed by atoms with Gasteiger partial charge >= 0.3 is 5.97 Å². The molecule has 2 rings (SSSR count). The maximum Gasteiger partial charge on any atom is 0.305 e. The summed E-state index contributed by atoms with van der Waals surface area (Å²) in [6, 6.07) is 0. The Morgan fingerprint density at radius 2 is 1.29 bits per heavy atom. The zero-order valence-electron chi connectivity index (χ0n) is 25.8. The van der Waals surface area contributed by atoms with Gasteiger partial charge in [-0.05, 0) is 38.5 Å². The molecule has 0 radical (unpaired) electrons. The Bertz CT molecular complexity index is 896. The maximum absolute atomic E-state index is 12.0. The van der Waals surface area contributed by atoms with Crippen LogP contribution >= 0.6 is 0 Å². The van der Waals surface area contributed by atoms with E-state index in [9.17, 15) is 45.6 Å². The molecule has 0 aromatic carbocycles. The quantitative estimate of drug-likeness (QED) is 0.0466. The predicted molar refractivity (Wildman–Crippen MR) is 159 cm³/mol. The second-order valence-corrected chi connectivity index (χ2v) is 11.1. The number of rotatable bonds is 20. The lowest BCUT2D eigenvalue weighted by Gasteiger charge is -2.42. The molecule has 2 saturated heterocycles. The predicted octanol–water partition coefficient (Wildman–Crippen LogP) is -0.659. The first-order valence-electron chi connectivity index (χ1n) is 15.6. The first kappa shape index (κ1) is 39.4. The summed E-state index contributed by atoms with van der Waals surface area (Å²) in [7, 11) is 0. The van der Waals surface area contributed by atoms with Gasteiger partial charge in [-0.25, -0.2) is 0 Å². The van der Waals surface area contributed by atoms with E-state index in [0.29, 0.717) is 6.42 Å². The second-order valence-electron chi connectivity index (χ2n) is 11.1. The highest BCUT2D eigenvalue weighted by molar-refractivity contribution is 5.69. The Kier molecular flexibility index (Phi) is 19.2. The molecule has 0 bridgehead atoms. The molecule has 2 heterocycles. The number of allylic oxidation sites excluding steroid dienone is 6. The van der Waals surface area contributed by atoms with Crippen molar-refractivity contribution in [2.75, 3.05) is 26.4 Å². The van der Waals surface area contributed by atoms with E-state index in [0.717, 1.165) is 38.5 Å². The van der Waals surface area contributed by atoms with Crippen molar-refractivity contribution in [1.82, 2.24) is 0 Å². The van der Waals surface area contributed by atoms with Crippen molar-refractivity contribution in [1.29, 1.82) is 0 Å². The average Bonchev–Trinajstić information content (AvgIpc) is 3.03. The van der Waals surface area contributed by atoms with Crippen LogP contribution in [0.2, 0.25) is 0 Å². The Morgan fingerprint density at radius 3 is 1.93 bits per heavy atom. The number of carbonyl (C=O) groups excluding carboxylic acids is 1.